The van der Waals surface area contributed by atoms with Crippen molar-refractivity contribution >= 4 is 11.1 Å². The van der Waals surface area contributed by atoms with Gasteiger partial charge in [-0.3, -0.25) is 0 Å². The van der Waals surface area contributed by atoms with Crippen molar-refractivity contribution in [3.05, 3.63) is 29.7 Å². The molecule has 0 atom stereocenters. The summed E-state index contributed by atoms with van der Waals surface area (Å²) in [7, 11) is 0. The Labute approximate surface area is 96.4 Å². The molecule has 1 aromatic heterocycles. The number of oxazole rings is 1. The molecule has 2 rings (SSSR count). The molecule has 0 radical (unpaired) electrons. The number of rotatable bonds is 0. The van der Waals surface area contributed by atoms with Crippen LogP contribution in [-0.4, -0.2) is 4.98 Å². The molecule has 0 N–H and O–H groups in total. The van der Waals surface area contributed by atoms with Gasteiger partial charge in [0.15, 0.2) is 5.58 Å². The summed E-state index contributed by atoms with van der Waals surface area (Å²) < 4.78 is 42.8. The second kappa shape index (κ2) is 3.48. The van der Waals surface area contributed by atoms with Gasteiger partial charge in [-0.05, 0) is 18.2 Å². The zero-order valence-corrected chi connectivity index (χ0v) is 9.72. The maximum absolute atomic E-state index is 12.5. The van der Waals surface area contributed by atoms with Gasteiger partial charge in [0.1, 0.15) is 5.52 Å². The van der Waals surface area contributed by atoms with Gasteiger partial charge < -0.3 is 4.42 Å². The molecular weight excluding hydrogens is 231 g/mol. The largest absolute Gasteiger partial charge is 0.440 e. The lowest BCUT2D eigenvalue weighted by atomic mass is 9.97. The molecule has 0 saturated carbocycles. The standard InChI is InChI=1S/C12H12F3NO/c1-11(2,3)10-16-8-5-4-7(12(13,14)15)6-9(8)17-10/h4-6H,1-3H3. The molecule has 0 fully saturated rings. The number of fused-ring (bicyclic) bond motifs is 1. The third kappa shape index (κ3) is 2.28. The molecule has 2 nitrogen and oxygen atoms in total. The van der Waals surface area contributed by atoms with Crippen LogP contribution in [0.4, 0.5) is 13.2 Å². The van der Waals surface area contributed by atoms with Gasteiger partial charge in [0.05, 0.1) is 5.56 Å². The topological polar surface area (TPSA) is 26.0 Å². The molecule has 92 valence electrons. The first-order valence-corrected chi connectivity index (χ1v) is 5.16. The van der Waals surface area contributed by atoms with E-state index in [9.17, 15) is 13.2 Å². The highest BCUT2D eigenvalue weighted by atomic mass is 19.4. The van der Waals surface area contributed by atoms with Crippen molar-refractivity contribution < 1.29 is 17.6 Å². The zero-order chi connectivity index (χ0) is 12.8. The average Bonchev–Trinajstić information content (AvgIpc) is 2.57. The van der Waals surface area contributed by atoms with Crippen molar-refractivity contribution in [3.63, 3.8) is 0 Å². The summed E-state index contributed by atoms with van der Waals surface area (Å²) in [6.45, 7) is 5.67. The fourth-order valence-corrected chi connectivity index (χ4v) is 1.42. The van der Waals surface area contributed by atoms with Crippen LogP contribution < -0.4 is 0 Å². The van der Waals surface area contributed by atoms with Crippen LogP contribution in [0.15, 0.2) is 22.6 Å². The number of benzene rings is 1. The molecule has 17 heavy (non-hydrogen) atoms. The lowest BCUT2D eigenvalue weighted by Crippen LogP contribution is -2.10. The van der Waals surface area contributed by atoms with E-state index in [1.807, 2.05) is 20.8 Å². The minimum absolute atomic E-state index is 0.171. The maximum atomic E-state index is 12.5. The Morgan fingerprint density at radius 2 is 1.76 bits per heavy atom. The van der Waals surface area contributed by atoms with Gasteiger partial charge in [0.25, 0.3) is 0 Å². The molecule has 1 aromatic carbocycles. The summed E-state index contributed by atoms with van der Waals surface area (Å²) in [5.41, 5.74) is -0.425. The summed E-state index contributed by atoms with van der Waals surface area (Å²) in [4.78, 5) is 4.17. The van der Waals surface area contributed by atoms with E-state index in [2.05, 4.69) is 4.98 Å². The van der Waals surface area contributed by atoms with Crippen LogP contribution in [0, 0.1) is 0 Å². The molecule has 0 aliphatic heterocycles. The number of aromatic nitrogens is 1. The van der Waals surface area contributed by atoms with E-state index in [-0.39, 0.29) is 11.0 Å². The van der Waals surface area contributed by atoms with Crippen LogP contribution in [0.1, 0.15) is 32.2 Å². The molecule has 5 heteroatoms. The van der Waals surface area contributed by atoms with Crippen molar-refractivity contribution in [2.45, 2.75) is 32.4 Å². The molecule has 0 aliphatic rings. The average molecular weight is 243 g/mol. The minimum Gasteiger partial charge on any atom is -0.440 e. The third-order valence-electron chi connectivity index (χ3n) is 2.36. The van der Waals surface area contributed by atoms with Crippen molar-refractivity contribution in [3.8, 4) is 0 Å². The summed E-state index contributed by atoms with van der Waals surface area (Å²) in [6, 6.07) is 3.33. The fourth-order valence-electron chi connectivity index (χ4n) is 1.42. The maximum Gasteiger partial charge on any atom is 0.416 e. The Balaban J connectivity index is 2.56. The van der Waals surface area contributed by atoms with Crippen LogP contribution in [0.5, 0.6) is 0 Å². The van der Waals surface area contributed by atoms with Crippen molar-refractivity contribution in [2.75, 3.05) is 0 Å². The van der Waals surface area contributed by atoms with Gasteiger partial charge in [-0.2, -0.15) is 13.2 Å². The lowest BCUT2D eigenvalue weighted by Gasteiger charge is -2.11. The predicted molar refractivity (Wildman–Crippen MR) is 57.7 cm³/mol. The van der Waals surface area contributed by atoms with E-state index in [1.165, 1.54) is 6.07 Å². The number of alkyl halides is 3. The lowest BCUT2D eigenvalue weighted by molar-refractivity contribution is -0.137. The highest BCUT2D eigenvalue weighted by molar-refractivity contribution is 5.73. The second-order valence-corrected chi connectivity index (χ2v) is 4.95. The minimum atomic E-state index is -4.36. The van der Waals surface area contributed by atoms with Crippen LogP contribution in [-0.2, 0) is 11.6 Å². The van der Waals surface area contributed by atoms with E-state index >= 15 is 0 Å². The van der Waals surface area contributed by atoms with E-state index < -0.39 is 11.7 Å². The molecule has 2 aromatic rings. The van der Waals surface area contributed by atoms with E-state index in [0.717, 1.165) is 12.1 Å². The first-order chi connectivity index (χ1) is 7.68. The summed E-state index contributed by atoms with van der Waals surface area (Å²) in [5.74, 6) is 0.437. The third-order valence-corrected chi connectivity index (χ3v) is 2.36. The van der Waals surface area contributed by atoms with Gasteiger partial charge >= 0.3 is 6.18 Å². The number of nitrogens with zero attached hydrogens (tertiary/aromatic N) is 1. The molecule has 0 spiro atoms. The molecule has 0 aliphatic carbocycles. The Morgan fingerprint density at radius 1 is 1.12 bits per heavy atom. The van der Waals surface area contributed by atoms with Crippen molar-refractivity contribution in [1.82, 2.24) is 4.98 Å². The van der Waals surface area contributed by atoms with Crippen molar-refractivity contribution in [2.24, 2.45) is 0 Å². The highest BCUT2D eigenvalue weighted by Crippen LogP contribution is 2.33. The number of hydrogen-bond acceptors (Lipinski definition) is 2. The Hall–Kier alpha value is -1.52. The molecule has 0 bridgehead atoms. The zero-order valence-electron chi connectivity index (χ0n) is 9.72. The number of halogens is 3. The Bertz CT molecular complexity index is 537. The van der Waals surface area contributed by atoms with Crippen LogP contribution in [0.2, 0.25) is 0 Å². The fraction of sp³-hybridized carbons (Fsp3) is 0.417. The SMILES string of the molecule is CC(C)(C)c1nc2ccc(C(F)(F)F)cc2o1. The van der Waals surface area contributed by atoms with E-state index in [0.29, 0.717) is 11.4 Å². The molecular formula is C12H12F3NO. The summed E-state index contributed by atoms with van der Waals surface area (Å²) in [5, 5.41) is 0. The highest BCUT2D eigenvalue weighted by Gasteiger charge is 2.31. The molecule has 0 saturated heterocycles. The van der Waals surface area contributed by atoms with Crippen LogP contribution in [0.3, 0.4) is 0 Å². The first kappa shape index (κ1) is 12.0. The quantitative estimate of drug-likeness (QED) is 0.694. The van der Waals surface area contributed by atoms with Gasteiger partial charge in [0.2, 0.25) is 5.89 Å². The van der Waals surface area contributed by atoms with Crippen LogP contribution in [0.25, 0.3) is 11.1 Å². The summed E-state index contributed by atoms with van der Waals surface area (Å²) >= 11 is 0. The number of hydrogen-bond donors (Lipinski definition) is 0. The molecule has 0 unspecified atom stereocenters. The van der Waals surface area contributed by atoms with Gasteiger partial charge in [-0.25, -0.2) is 4.98 Å². The van der Waals surface area contributed by atoms with Crippen molar-refractivity contribution in [1.29, 1.82) is 0 Å². The van der Waals surface area contributed by atoms with Gasteiger partial charge in [-0.1, -0.05) is 20.8 Å². The second-order valence-electron chi connectivity index (χ2n) is 4.95. The smallest absolute Gasteiger partial charge is 0.416 e. The normalized spacial score (nSPS) is 13.3. The summed E-state index contributed by atoms with van der Waals surface area (Å²) in [6.07, 6.45) is -4.36. The molecule has 0 amide bonds. The van der Waals surface area contributed by atoms with E-state index in [4.69, 9.17) is 4.42 Å². The van der Waals surface area contributed by atoms with E-state index in [1.54, 1.807) is 0 Å². The Morgan fingerprint density at radius 3 is 2.29 bits per heavy atom. The monoisotopic (exact) mass is 243 g/mol. The first-order valence-electron chi connectivity index (χ1n) is 5.16. The Kier molecular flexibility index (Phi) is 2.45. The predicted octanol–water partition coefficient (Wildman–Crippen LogP) is 4.14. The molecule has 1 heterocycles. The van der Waals surface area contributed by atoms with Gasteiger partial charge in [0, 0.05) is 5.41 Å². The van der Waals surface area contributed by atoms with Crippen LogP contribution >= 0.6 is 0 Å². The van der Waals surface area contributed by atoms with Gasteiger partial charge in [-0.15, -0.1) is 0 Å².